The van der Waals surface area contributed by atoms with E-state index in [9.17, 15) is 9.90 Å². The van der Waals surface area contributed by atoms with Gasteiger partial charge in [-0.3, -0.25) is 9.36 Å². The van der Waals surface area contributed by atoms with Gasteiger partial charge in [-0.25, -0.2) is 4.98 Å². The first-order chi connectivity index (χ1) is 11.7. The van der Waals surface area contributed by atoms with Crippen LogP contribution in [0.15, 0.2) is 71.7 Å². The van der Waals surface area contributed by atoms with Crippen LogP contribution in [-0.2, 0) is 6.54 Å². The second-order valence-electron chi connectivity index (χ2n) is 5.48. The van der Waals surface area contributed by atoms with Crippen molar-refractivity contribution in [1.29, 1.82) is 0 Å². The van der Waals surface area contributed by atoms with Gasteiger partial charge in [-0.15, -0.1) is 0 Å². The van der Waals surface area contributed by atoms with Crippen molar-refractivity contribution in [3.63, 3.8) is 0 Å². The second kappa shape index (κ2) is 7.21. The number of rotatable bonds is 5. The lowest BCUT2D eigenvalue weighted by molar-refractivity contribution is 0.0806. The summed E-state index contributed by atoms with van der Waals surface area (Å²) in [6.45, 7) is -0.441. The molecule has 0 aliphatic heterocycles. The molecule has 3 rings (SSSR count). The number of hydrogen-bond acceptors (Lipinski definition) is 4. The predicted molar refractivity (Wildman–Crippen MR) is 92.5 cm³/mol. The average molecular weight is 322 g/mol. The first kappa shape index (κ1) is 16.1. The van der Waals surface area contributed by atoms with E-state index in [0.717, 1.165) is 11.1 Å². The summed E-state index contributed by atoms with van der Waals surface area (Å²) in [5.74, 6) is 0.466. The minimum atomic E-state index is -1.03. The van der Waals surface area contributed by atoms with Crippen molar-refractivity contribution in [1.82, 2.24) is 9.55 Å². The van der Waals surface area contributed by atoms with Crippen LogP contribution in [0.5, 0.6) is 0 Å². The van der Waals surface area contributed by atoms with Gasteiger partial charge in [-0.1, -0.05) is 60.7 Å². The smallest absolute Gasteiger partial charge is 0.261 e. The van der Waals surface area contributed by atoms with Crippen LogP contribution in [0, 0.1) is 0 Å². The van der Waals surface area contributed by atoms with Gasteiger partial charge in [0.1, 0.15) is 5.82 Å². The van der Waals surface area contributed by atoms with E-state index in [1.807, 2.05) is 60.7 Å². The normalized spacial score (nSPS) is 12.1. The fraction of sp³-hybridized carbons (Fsp3) is 0.158. The quantitative estimate of drug-likeness (QED) is 0.753. The van der Waals surface area contributed by atoms with E-state index in [1.54, 1.807) is 6.20 Å². The van der Waals surface area contributed by atoms with Crippen molar-refractivity contribution >= 4 is 0 Å². The fourth-order valence-corrected chi connectivity index (χ4v) is 2.56. The molecule has 0 spiro atoms. The number of nitrogens with zero attached hydrogens (tertiary/aromatic N) is 2. The highest BCUT2D eigenvalue weighted by atomic mass is 16.3. The van der Waals surface area contributed by atoms with Crippen LogP contribution >= 0.6 is 0 Å². The number of benzene rings is 2. The lowest BCUT2D eigenvalue weighted by Crippen LogP contribution is -2.31. The maximum atomic E-state index is 12.9. The summed E-state index contributed by atoms with van der Waals surface area (Å²) < 4.78 is 1.42. The monoisotopic (exact) mass is 322 g/mol. The molecular formula is C19H18N2O3. The third-order valence-corrected chi connectivity index (χ3v) is 3.77. The van der Waals surface area contributed by atoms with Gasteiger partial charge >= 0.3 is 0 Å². The molecule has 5 nitrogen and oxygen atoms in total. The highest BCUT2D eigenvalue weighted by molar-refractivity contribution is 5.64. The number of hydrogen-bond donors (Lipinski definition) is 2. The van der Waals surface area contributed by atoms with Crippen molar-refractivity contribution in [3.05, 3.63) is 77.2 Å². The first-order valence-corrected chi connectivity index (χ1v) is 7.70. The zero-order valence-corrected chi connectivity index (χ0v) is 13.0. The number of aliphatic hydroxyl groups is 2. The van der Waals surface area contributed by atoms with Gasteiger partial charge in [-0.05, 0) is 5.56 Å². The van der Waals surface area contributed by atoms with Gasteiger partial charge in [0.15, 0.2) is 0 Å². The Balaban J connectivity index is 2.17. The molecule has 1 aromatic heterocycles. The number of aliphatic hydroxyl groups excluding tert-OH is 2. The molecule has 0 fully saturated rings. The topological polar surface area (TPSA) is 75.4 Å². The van der Waals surface area contributed by atoms with E-state index >= 15 is 0 Å². The first-order valence-electron chi connectivity index (χ1n) is 7.70. The molecule has 1 unspecified atom stereocenters. The van der Waals surface area contributed by atoms with Crippen LogP contribution in [0.25, 0.3) is 22.5 Å². The van der Waals surface area contributed by atoms with Crippen molar-refractivity contribution in [3.8, 4) is 22.5 Å². The molecule has 0 aliphatic rings. The molecule has 2 N–H and O–H groups in total. The largest absolute Gasteiger partial charge is 0.394 e. The summed E-state index contributed by atoms with van der Waals surface area (Å²) in [6.07, 6.45) is 0.528. The maximum Gasteiger partial charge on any atom is 0.261 e. The van der Waals surface area contributed by atoms with Gasteiger partial charge in [0, 0.05) is 11.8 Å². The molecule has 0 aliphatic carbocycles. The third kappa shape index (κ3) is 3.27. The van der Waals surface area contributed by atoms with Crippen LogP contribution < -0.4 is 5.56 Å². The number of aromatic nitrogens is 2. The zero-order valence-electron chi connectivity index (χ0n) is 13.0. The van der Waals surface area contributed by atoms with E-state index in [-0.39, 0.29) is 12.1 Å². The molecule has 0 amide bonds. The van der Waals surface area contributed by atoms with Crippen molar-refractivity contribution in [2.45, 2.75) is 12.6 Å². The Morgan fingerprint density at radius 3 is 2.12 bits per heavy atom. The second-order valence-corrected chi connectivity index (χ2v) is 5.48. The molecule has 122 valence electrons. The van der Waals surface area contributed by atoms with E-state index in [1.165, 1.54) is 4.57 Å². The third-order valence-electron chi connectivity index (χ3n) is 3.77. The summed E-state index contributed by atoms with van der Waals surface area (Å²) in [6, 6.07) is 18.6. The Morgan fingerprint density at radius 2 is 1.54 bits per heavy atom. The van der Waals surface area contributed by atoms with Gasteiger partial charge in [0.2, 0.25) is 0 Å². The minimum absolute atomic E-state index is 0.0206. The molecule has 2 aromatic carbocycles. The van der Waals surface area contributed by atoms with E-state index in [2.05, 4.69) is 4.98 Å². The zero-order chi connectivity index (χ0) is 16.9. The highest BCUT2D eigenvalue weighted by Crippen LogP contribution is 2.19. The maximum absolute atomic E-state index is 12.9. The molecule has 0 saturated heterocycles. The summed E-state index contributed by atoms with van der Waals surface area (Å²) in [4.78, 5) is 17.4. The summed E-state index contributed by atoms with van der Waals surface area (Å²) in [7, 11) is 0. The lowest BCUT2D eigenvalue weighted by atomic mass is 10.1. The highest BCUT2D eigenvalue weighted by Gasteiger charge is 2.15. The molecule has 0 bridgehead atoms. The molecular weight excluding hydrogens is 304 g/mol. The van der Waals surface area contributed by atoms with Crippen LogP contribution in [0.4, 0.5) is 0 Å². The molecule has 0 saturated carbocycles. The van der Waals surface area contributed by atoms with Crippen molar-refractivity contribution in [2.24, 2.45) is 0 Å². The molecule has 0 radical (unpaired) electrons. The minimum Gasteiger partial charge on any atom is -0.394 e. The Morgan fingerprint density at radius 1 is 0.958 bits per heavy atom. The Kier molecular flexibility index (Phi) is 4.84. The molecule has 1 heterocycles. The Bertz CT molecular complexity index is 861. The molecule has 24 heavy (non-hydrogen) atoms. The standard InChI is InChI=1S/C19H18N2O3/c22-13-16(23)12-21-18(15-9-5-2-6-10-15)20-11-17(19(21)24)14-7-3-1-4-8-14/h1-11,16,22-23H,12-13H2. The Hall–Kier alpha value is -2.76. The lowest BCUT2D eigenvalue weighted by Gasteiger charge is -2.16. The van der Waals surface area contributed by atoms with Crippen LogP contribution in [0.1, 0.15) is 0 Å². The predicted octanol–water partition coefficient (Wildman–Crippen LogP) is 1.93. The molecule has 5 heteroatoms. The Labute approximate surface area is 139 Å². The van der Waals surface area contributed by atoms with Crippen LogP contribution in [0.3, 0.4) is 0 Å². The summed E-state index contributed by atoms with van der Waals surface area (Å²) >= 11 is 0. The fourth-order valence-electron chi connectivity index (χ4n) is 2.56. The van der Waals surface area contributed by atoms with Crippen LogP contribution in [0.2, 0.25) is 0 Å². The van der Waals surface area contributed by atoms with E-state index in [4.69, 9.17) is 5.11 Å². The van der Waals surface area contributed by atoms with Crippen molar-refractivity contribution in [2.75, 3.05) is 6.61 Å². The van der Waals surface area contributed by atoms with Crippen molar-refractivity contribution < 1.29 is 10.2 Å². The molecule has 1 atom stereocenters. The van der Waals surface area contributed by atoms with E-state index in [0.29, 0.717) is 11.4 Å². The van der Waals surface area contributed by atoms with Crippen LogP contribution in [-0.4, -0.2) is 32.5 Å². The summed E-state index contributed by atoms with van der Waals surface area (Å²) in [5, 5.41) is 19.0. The average Bonchev–Trinajstić information content (AvgIpc) is 2.64. The van der Waals surface area contributed by atoms with E-state index < -0.39 is 12.7 Å². The van der Waals surface area contributed by atoms with Gasteiger partial charge in [0.25, 0.3) is 5.56 Å². The van der Waals surface area contributed by atoms with Gasteiger partial charge < -0.3 is 10.2 Å². The molecule has 3 aromatic rings. The SMILES string of the molecule is O=c1c(-c2ccccc2)cnc(-c2ccccc2)n1CC(O)CO. The van der Waals surface area contributed by atoms with Gasteiger partial charge in [-0.2, -0.15) is 0 Å². The van der Waals surface area contributed by atoms with Gasteiger partial charge in [0.05, 0.1) is 24.8 Å². The summed E-state index contributed by atoms with van der Waals surface area (Å²) in [5.41, 5.74) is 1.75.